The highest BCUT2D eigenvalue weighted by Gasteiger charge is 2.23. The largest absolute Gasteiger partial charge is 0.461 e. The molecule has 0 radical (unpaired) electrons. The monoisotopic (exact) mass is 435 g/mol. The van der Waals surface area contributed by atoms with E-state index in [-0.39, 0.29) is 5.91 Å². The van der Waals surface area contributed by atoms with Gasteiger partial charge < -0.3 is 13.7 Å². The maximum Gasteiger partial charge on any atom is 0.275 e. The first-order valence-electron chi connectivity index (χ1n) is 10.1. The molecule has 0 bridgehead atoms. The highest BCUT2D eigenvalue weighted by atomic mass is 32.2. The molecule has 31 heavy (non-hydrogen) atoms. The number of rotatable bonds is 6. The van der Waals surface area contributed by atoms with Gasteiger partial charge in [-0.25, -0.2) is 4.98 Å². The second-order valence-electron chi connectivity index (χ2n) is 7.37. The number of benzene rings is 1. The van der Waals surface area contributed by atoms with Crippen LogP contribution in [0.1, 0.15) is 34.8 Å². The molecule has 1 aliphatic heterocycles. The number of carbonyl (C=O) groups is 1. The van der Waals surface area contributed by atoms with Crippen molar-refractivity contribution in [3.8, 4) is 17.3 Å². The maximum atomic E-state index is 12.5. The number of likely N-dealkylation sites (tertiary alicyclic amines) is 1. The first-order chi connectivity index (χ1) is 15.2. The lowest BCUT2D eigenvalue weighted by Gasteiger charge is -2.12. The summed E-state index contributed by atoms with van der Waals surface area (Å²) >= 11 is 1.44. The van der Waals surface area contributed by atoms with Crippen molar-refractivity contribution >= 4 is 17.7 Å². The van der Waals surface area contributed by atoms with E-state index >= 15 is 0 Å². The second-order valence-corrected chi connectivity index (χ2v) is 8.31. The van der Waals surface area contributed by atoms with Crippen molar-refractivity contribution in [3.05, 3.63) is 66.1 Å². The van der Waals surface area contributed by atoms with Crippen LogP contribution in [-0.4, -0.2) is 43.6 Å². The topological polar surface area (TPSA) is 90.2 Å². The Hall–Kier alpha value is -3.33. The van der Waals surface area contributed by atoms with E-state index in [0.717, 1.165) is 37.2 Å². The van der Waals surface area contributed by atoms with E-state index in [2.05, 4.69) is 21.2 Å². The number of nitrogens with zero attached hydrogens (tertiary/aromatic N) is 5. The van der Waals surface area contributed by atoms with Gasteiger partial charge >= 0.3 is 0 Å². The lowest BCUT2D eigenvalue weighted by atomic mass is 10.2. The van der Waals surface area contributed by atoms with E-state index in [9.17, 15) is 4.79 Å². The number of oxazole rings is 1. The second kappa shape index (κ2) is 8.43. The molecule has 4 aromatic rings. The van der Waals surface area contributed by atoms with E-state index in [1.165, 1.54) is 18.0 Å². The first kappa shape index (κ1) is 19.6. The molecule has 158 valence electrons. The molecule has 9 heteroatoms. The fraction of sp³-hybridized carbons (Fsp3) is 0.273. The summed E-state index contributed by atoms with van der Waals surface area (Å²) in [4.78, 5) is 18.7. The summed E-state index contributed by atoms with van der Waals surface area (Å²) in [5.74, 6) is 2.09. The number of aromatic nitrogens is 4. The molecule has 1 aromatic carbocycles. The zero-order valence-electron chi connectivity index (χ0n) is 17.0. The zero-order chi connectivity index (χ0) is 21.2. The van der Waals surface area contributed by atoms with Gasteiger partial charge in [0, 0.05) is 13.1 Å². The molecule has 5 rings (SSSR count). The van der Waals surface area contributed by atoms with Crippen molar-refractivity contribution in [2.45, 2.75) is 30.7 Å². The smallest absolute Gasteiger partial charge is 0.275 e. The molecule has 1 aliphatic rings. The average Bonchev–Trinajstić information content (AvgIpc) is 3.58. The Labute approximate surface area is 183 Å². The minimum absolute atomic E-state index is 0.0690. The number of hydrogen-bond acceptors (Lipinski definition) is 7. The summed E-state index contributed by atoms with van der Waals surface area (Å²) in [6.07, 6.45) is 5.14. The number of carbonyl (C=O) groups excluding carboxylic acids is 1. The van der Waals surface area contributed by atoms with Crippen LogP contribution in [0.5, 0.6) is 0 Å². The van der Waals surface area contributed by atoms with Crippen LogP contribution in [0.25, 0.3) is 17.3 Å². The SMILES string of the molecule is Cc1cccc(-n2c(SCc3nc(C(=O)N4CCCC4)co3)nnc2-c2ccco2)c1. The fourth-order valence-electron chi connectivity index (χ4n) is 3.61. The van der Waals surface area contributed by atoms with Gasteiger partial charge in [-0.05, 0) is 49.6 Å². The number of thioether (sulfide) groups is 1. The van der Waals surface area contributed by atoms with E-state index < -0.39 is 0 Å². The predicted octanol–water partition coefficient (Wildman–Crippen LogP) is 4.35. The number of amides is 1. The van der Waals surface area contributed by atoms with Gasteiger partial charge in [0.05, 0.1) is 17.7 Å². The molecule has 0 saturated carbocycles. The molecule has 0 unspecified atom stereocenters. The Morgan fingerprint density at radius 2 is 2.00 bits per heavy atom. The zero-order valence-corrected chi connectivity index (χ0v) is 17.8. The summed E-state index contributed by atoms with van der Waals surface area (Å²) in [6, 6.07) is 11.8. The van der Waals surface area contributed by atoms with Gasteiger partial charge in [0.15, 0.2) is 16.6 Å². The van der Waals surface area contributed by atoms with Crippen molar-refractivity contribution in [1.29, 1.82) is 0 Å². The molecular weight excluding hydrogens is 414 g/mol. The molecule has 1 saturated heterocycles. The van der Waals surface area contributed by atoms with Crippen molar-refractivity contribution in [2.75, 3.05) is 13.1 Å². The summed E-state index contributed by atoms with van der Waals surface area (Å²) in [5.41, 5.74) is 2.43. The van der Waals surface area contributed by atoms with Gasteiger partial charge in [-0.1, -0.05) is 23.9 Å². The Morgan fingerprint density at radius 1 is 1.13 bits per heavy atom. The van der Waals surface area contributed by atoms with Gasteiger partial charge in [0.2, 0.25) is 11.7 Å². The van der Waals surface area contributed by atoms with E-state index in [0.29, 0.717) is 34.1 Å². The lowest BCUT2D eigenvalue weighted by Crippen LogP contribution is -2.27. The first-order valence-corrected chi connectivity index (χ1v) is 11.1. The minimum atomic E-state index is -0.0690. The van der Waals surface area contributed by atoms with Crippen molar-refractivity contribution in [3.63, 3.8) is 0 Å². The number of hydrogen-bond donors (Lipinski definition) is 0. The molecule has 0 N–H and O–H groups in total. The Bertz CT molecular complexity index is 1190. The van der Waals surface area contributed by atoms with Crippen LogP contribution in [0.4, 0.5) is 0 Å². The van der Waals surface area contributed by atoms with Crippen LogP contribution in [0, 0.1) is 6.92 Å². The summed E-state index contributed by atoms with van der Waals surface area (Å²) in [6.45, 7) is 3.61. The highest BCUT2D eigenvalue weighted by Crippen LogP contribution is 2.30. The lowest BCUT2D eigenvalue weighted by molar-refractivity contribution is 0.0787. The van der Waals surface area contributed by atoms with Crippen molar-refractivity contribution < 1.29 is 13.6 Å². The summed E-state index contributed by atoms with van der Waals surface area (Å²) < 4.78 is 13.1. The Kier molecular flexibility index (Phi) is 5.33. The number of aryl methyl sites for hydroxylation is 1. The molecule has 8 nitrogen and oxygen atoms in total. The third-order valence-electron chi connectivity index (χ3n) is 5.12. The third-order valence-corrected chi connectivity index (χ3v) is 6.04. The van der Waals surface area contributed by atoms with Gasteiger partial charge in [0.25, 0.3) is 5.91 Å². The van der Waals surface area contributed by atoms with Crippen LogP contribution in [0.2, 0.25) is 0 Å². The minimum Gasteiger partial charge on any atom is -0.461 e. The fourth-order valence-corrected chi connectivity index (χ4v) is 4.42. The molecule has 4 heterocycles. The molecule has 1 fully saturated rings. The van der Waals surface area contributed by atoms with Crippen LogP contribution >= 0.6 is 11.8 Å². The molecule has 0 spiro atoms. The predicted molar refractivity (Wildman–Crippen MR) is 115 cm³/mol. The summed E-state index contributed by atoms with van der Waals surface area (Å²) in [5, 5.41) is 9.40. The van der Waals surface area contributed by atoms with Gasteiger partial charge in [-0.15, -0.1) is 10.2 Å². The van der Waals surface area contributed by atoms with Crippen molar-refractivity contribution in [2.24, 2.45) is 0 Å². The number of furan rings is 1. The highest BCUT2D eigenvalue weighted by molar-refractivity contribution is 7.98. The maximum absolute atomic E-state index is 12.5. The van der Waals surface area contributed by atoms with E-state index in [1.54, 1.807) is 6.26 Å². The van der Waals surface area contributed by atoms with Crippen LogP contribution in [0.15, 0.2) is 62.9 Å². The quantitative estimate of drug-likeness (QED) is 0.416. The van der Waals surface area contributed by atoms with E-state index in [4.69, 9.17) is 8.83 Å². The third kappa shape index (κ3) is 4.00. The van der Waals surface area contributed by atoms with E-state index in [1.807, 2.05) is 46.7 Å². The van der Waals surface area contributed by atoms with Gasteiger partial charge in [0.1, 0.15) is 6.26 Å². The average molecular weight is 436 g/mol. The van der Waals surface area contributed by atoms with Crippen LogP contribution < -0.4 is 0 Å². The standard InChI is InChI=1S/C22H21N5O3S/c1-15-6-4-7-16(12-15)27-20(18-8-5-11-29-18)24-25-22(27)31-14-19-23-17(13-30-19)21(28)26-9-2-3-10-26/h4-8,11-13H,2-3,9-10,14H2,1H3. The van der Waals surface area contributed by atoms with Gasteiger partial charge in [-0.2, -0.15) is 0 Å². The molecule has 1 amide bonds. The molecule has 0 atom stereocenters. The Morgan fingerprint density at radius 3 is 2.77 bits per heavy atom. The van der Waals surface area contributed by atoms with Gasteiger partial charge in [-0.3, -0.25) is 9.36 Å². The van der Waals surface area contributed by atoms with Crippen LogP contribution in [-0.2, 0) is 5.75 Å². The molecular formula is C22H21N5O3S. The Balaban J connectivity index is 1.39. The van der Waals surface area contributed by atoms with Crippen molar-refractivity contribution in [1.82, 2.24) is 24.6 Å². The summed E-state index contributed by atoms with van der Waals surface area (Å²) in [7, 11) is 0. The normalized spacial score (nSPS) is 13.8. The molecule has 0 aliphatic carbocycles. The van der Waals surface area contributed by atoms with Crippen LogP contribution in [0.3, 0.4) is 0 Å². The molecule has 3 aromatic heterocycles.